The Morgan fingerprint density at radius 3 is 2.36 bits per heavy atom. The van der Waals surface area contributed by atoms with Gasteiger partial charge in [-0.05, 0) is 24.3 Å². The third kappa shape index (κ3) is 3.85. The highest BCUT2D eigenvalue weighted by atomic mass is 16.5. The van der Waals surface area contributed by atoms with E-state index in [2.05, 4.69) is 17.3 Å². The summed E-state index contributed by atoms with van der Waals surface area (Å²) >= 11 is 0. The number of piperidine rings is 1. The summed E-state index contributed by atoms with van der Waals surface area (Å²) in [5.41, 5.74) is 2.47. The van der Waals surface area contributed by atoms with E-state index >= 15 is 0 Å². The number of nitrogens with zero attached hydrogens (tertiary/aromatic N) is 2. The van der Waals surface area contributed by atoms with Crippen LogP contribution in [0.15, 0.2) is 71.3 Å². The standard InChI is InChI=1S/C23H24N2O3/c1-27-22(18-10-6-3-7-11-18)19-12-14-25(15-13-19)23(26)20-16-21(28-24-20)17-8-4-2-5-9-17/h2-11,16,19,22H,12-15H2,1H3. The number of benzene rings is 2. The summed E-state index contributed by atoms with van der Waals surface area (Å²) in [5, 5.41) is 3.99. The van der Waals surface area contributed by atoms with E-state index in [1.165, 1.54) is 5.56 Å². The van der Waals surface area contributed by atoms with Crippen LogP contribution >= 0.6 is 0 Å². The van der Waals surface area contributed by atoms with Crippen molar-refractivity contribution >= 4 is 5.91 Å². The van der Waals surface area contributed by atoms with Crippen LogP contribution in [0.3, 0.4) is 0 Å². The molecule has 0 N–H and O–H groups in total. The van der Waals surface area contributed by atoms with Gasteiger partial charge in [-0.2, -0.15) is 0 Å². The van der Waals surface area contributed by atoms with Gasteiger partial charge in [0, 0.05) is 31.8 Å². The molecule has 0 radical (unpaired) electrons. The highest BCUT2D eigenvalue weighted by Crippen LogP contribution is 2.33. The number of amides is 1. The molecule has 1 saturated heterocycles. The van der Waals surface area contributed by atoms with Crippen molar-refractivity contribution in [3.05, 3.63) is 78.0 Å². The van der Waals surface area contributed by atoms with E-state index in [1.807, 2.05) is 53.4 Å². The molecule has 0 spiro atoms. The second kappa shape index (κ2) is 8.40. The van der Waals surface area contributed by atoms with Gasteiger partial charge < -0.3 is 14.2 Å². The van der Waals surface area contributed by atoms with Crippen molar-refractivity contribution < 1.29 is 14.1 Å². The van der Waals surface area contributed by atoms with Crippen LogP contribution in [0.4, 0.5) is 0 Å². The second-order valence-electron chi connectivity index (χ2n) is 7.14. The van der Waals surface area contributed by atoms with Crippen LogP contribution in [0.5, 0.6) is 0 Å². The minimum atomic E-state index is -0.0712. The lowest BCUT2D eigenvalue weighted by molar-refractivity contribution is 0.0192. The quantitative estimate of drug-likeness (QED) is 0.654. The number of carbonyl (C=O) groups excluding carboxylic acids is 1. The molecule has 0 aliphatic carbocycles. The van der Waals surface area contributed by atoms with E-state index in [0.717, 1.165) is 18.4 Å². The highest BCUT2D eigenvalue weighted by Gasteiger charge is 2.30. The summed E-state index contributed by atoms with van der Waals surface area (Å²) < 4.78 is 11.2. The van der Waals surface area contributed by atoms with Gasteiger partial charge in [-0.25, -0.2) is 0 Å². The van der Waals surface area contributed by atoms with Crippen LogP contribution in [0.25, 0.3) is 11.3 Å². The van der Waals surface area contributed by atoms with E-state index in [9.17, 15) is 4.79 Å². The van der Waals surface area contributed by atoms with Crippen LogP contribution in [-0.2, 0) is 4.74 Å². The Morgan fingerprint density at radius 1 is 1.07 bits per heavy atom. The Bertz CT molecular complexity index is 900. The molecule has 4 rings (SSSR count). The fourth-order valence-corrected chi connectivity index (χ4v) is 3.93. The van der Waals surface area contributed by atoms with Crippen molar-refractivity contribution in [2.24, 2.45) is 5.92 Å². The molecule has 1 aromatic heterocycles. The van der Waals surface area contributed by atoms with Crippen molar-refractivity contribution in [2.45, 2.75) is 18.9 Å². The monoisotopic (exact) mass is 376 g/mol. The molecule has 3 aromatic rings. The van der Waals surface area contributed by atoms with Gasteiger partial charge in [0.25, 0.3) is 5.91 Å². The zero-order valence-electron chi connectivity index (χ0n) is 16.0. The van der Waals surface area contributed by atoms with E-state index in [-0.39, 0.29) is 12.0 Å². The van der Waals surface area contributed by atoms with E-state index in [1.54, 1.807) is 13.2 Å². The van der Waals surface area contributed by atoms with Crippen molar-refractivity contribution in [2.75, 3.05) is 20.2 Å². The number of aromatic nitrogens is 1. The van der Waals surface area contributed by atoms with Crippen molar-refractivity contribution in [3.63, 3.8) is 0 Å². The number of hydrogen-bond donors (Lipinski definition) is 0. The molecule has 28 heavy (non-hydrogen) atoms. The largest absolute Gasteiger partial charge is 0.376 e. The molecule has 5 heteroatoms. The summed E-state index contributed by atoms with van der Waals surface area (Å²) in [4.78, 5) is 14.7. The van der Waals surface area contributed by atoms with Crippen molar-refractivity contribution in [3.8, 4) is 11.3 Å². The minimum Gasteiger partial charge on any atom is -0.376 e. The zero-order chi connectivity index (χ0) is 19.3. The van der Waals surface area contributed by atoms with Crippen molar-refractivity contribution in [1.29, 1.82) is 0 Å². The fourth-order valence-electron chi connectivity index (χ4n) is 3.93. The molecule has 1 aliphatic rings. The number of carbonyl (C=O) groups is 1. The maximum Gasteiger partial charge on any atom is 0.276 e. The first-order valence-corrected chi connectivity index (χ1v) is 9.65. The molecule has 1 atom stereocenters. The Morgan fingerprint density at radius 2 is 1.71 bits per heavy atom. The molecule has 1 aliphatic heterocycles. The van der Waals surface area contributed by atoms with Gasteiger partial charge >= 0.3 is 0 Å². The average molecular weight is 376 g/mol. The molecule has 0 saturated carbocycles. The maximum absolute atomic E-state index is 12.8. The number of likely N-dealkylation sites (tertiary alicyclic amines) is 1. The number of hydrogen-bond acceptors (Lipinski definition) is 4. The van der Waals surface area contributed by atoms with Crippen LogP contribution in [0, 0.1) is 5.92 Å². The molecule has 144 valence electrons. The Kier molecular flexibility index (Phi) is 5.53. The molecular weight excluding hydrogens is 352 g/mol. The van der Waals surface area contributed by atoms with Gasteiger partial charge in [0.2, 0.25) is 0 Å². The molecule has 2 aromatic carbocycles. The number of methoxy groups -OCH3 is 1. The molecule has 1 fully saturated rings. The normalized spacial score (nSPS) is 16.1. The predicted molar refractivity (Wildman–Crippen MR) is 107 cm³/mol. The first-order chi connectivity index (χ1) is 13.8. The highest BCUT2D eigenvalue weighted by molar-refractivity contribution is 5.93. The summed E-state index contributed by atoms with van der Waals surface area (Å²) in [6.07, 6.45) is 1.88. The van der Waals surface area contributed by atoms with E-state index in [4.69, 9.17) is 9.26 Å². The minimum absolute atomic E-state index is 0.0650. The van der Waals surface area contributed by atoms with Gasteiger partial charge in [-0.1, -0.05) is 65.8 Å². The topological polar surface area (TPSA) is 55.6 Å². The number of ether oxygens (including phenoxy) is 1. The summed E-state index contributed by atoms with van der Waals surface area (Å²) in [6, 6.07) is 21.7. The first kappa shape index (κ1) is 18.4. The van der Waals surface area contributed by atoms with Gasteiger partial charge in [0.05, 0.1) is 6.10 Å². The predicted octanol–water partition coefficient (Wildman–Crippen LogP) is 4.58. The zero-order valence-corrected chi connectivity index (χ0v) is 16.0. The van der Waals surface area contributed by atoms with E-state index in [0.29, 0.717) is 30.5 Å². The lowest BCUT2D eigenvalue weighted by Gasteiger charge is -2.35. The first-order valence-electron chi connectivity index (χ1n) is 9.65. The van der Waals surface area contributed by atoms with Crippen LogP contribution in [-0.4, -0.2) is 36.2 Å². The molecule has 0 bridgehead atoms. The third-order valence-corrected chi connectivity index (χ3v) is 5.42. The van der Waals surface area contributed by atoms with Crippen molar-refractivity contribution in [1.82, 2.24) is 10.1 Å². The van der Waals surface area contributed by atoms with Gasteiger partial charge in [-0.15, -0.1) is 0 Å². The Balaban J connectivity index is 1.40. The Labute approximate surface area is 164 Å². The summed E-state index contributed by atoms with van der Waals surface area (Å²) in [5.74, 6) is 0.939. The fraction of sp³-hybridized carbons (Fsp3) is 0.304. The van der Waals surface area contributed by atoms with Crippen LogP contribution in [0.1, 0.15) is 35.0 Å². The Hall–Kier alpha value is -2.92. The summed E-state index contributed by atoms with van der Waals surface area (Å²) in [6.45, 7) is 1.40. The maximum atomic E-state index is 12.8. The van der Waals surface area contributed by atoms with Gasteiger partial charge in [0.1, 0.15) is 0 Å². The average Bonchev–Trinajstić information content (AvgIpc) is 3.26. The molecule has 1 amide bonds. The van der Waals surface area contributed by atoms with Crippen LogP contribution in [0.2, 0.25) is 0 Å². The molecule has 5 nitrogen and oxygen atoms in total. The van der Waals surface area contributed by atoms with Gasteiger partial charge in [0.15, 0.2) is 11.5 Å². The number of rotatable bonds is 5. The molecule has 1 unspecified atom stereocenters. The van der Waals surface area contributed by atoms with Gasteiger partial charge in [-0.3, -0.25) is 4.79 Å². The lowest BCUT2D eigenvalue weighted by Crippen LogP contribution is -2.40. The second-order valence-corrected chi connectivity index (χ2v) is 7.14. The lowest BCUT2D eigenvalue weighted by atomic mass is 9.87. The molecular formula is C23H24N2O3. The summed E-state index contributed by atoms with van der Waals surface area (Å²) in [7, 11) is 1.76. The SMILES string of the molecule is COC(c1ccccc1)C1CCN(C(=O)c2cc(-c3ccccc3)on2)CC1. The smallest absolute Gasteiger partial charge is 0.276 e. The molecule has 2 heterocycles. The third-order valence-electron chi connectivity index (χ3n) is 5.42. The van der Waals surface area contributed by atoms with Crippen LogP contribution < -0.4 is 0 Å². The van der Waals surface area contributed by atoms with E-state index < -0.39 is 0 Å².